The first-order valence-corrected chi connectivity index (χ1v) is 13.1. The molecular formula is C26H23ClN4O2S2. The zero-order valence-corrected chi connectivity index (χ0v) is 21.8. The highest BCUT2D eigenvalue weighted by Crippen LogP contribution is 2.55. The molecule has 1 aliphatic rings. The van der Waals surface area contributed by atoms with Gasteiger partial charge in [0, 0.05) is 29.8 Å². The van der Waals surface area contributed by atoms with Crippen LogP contribution in [0.1, 0.15) is 39.2 Å². The number of carbonyl (C=O) groups excluding carboxylic acids is 2. The summed E-state index contributed by atoms with van der Waals surface area (Å²) in [6, 6.07) is 17.9. The molecule has 5 rings (SSSR count). The number of benzene rings is 2. The van der Waals surface area contributed by atoms with Crippen LogP contribution in [0.2, 0.25) is 5.02 Å². The molecule has 2 heterocycles. The molecule has 2 amide bonds. The Balaban J connectivity index is 1.52. The number of hydrogen-bond acceptors (Lipinski definition) is 6. The lowest BCUT2D eigenvalue weighted by Gasteiger charge is -2.31. The minimum absolute atomic E-state index is 0.0670. The summed E-state index contributed by atoms with van der Waals surface area (Å²) in [7, 11) is 3.41. The van der Waals surface area contributed by atoms with Crippen LogP contribution in [0.3, 0.4) is 0 Å². The average Bonchev–Trinajstić information content (AvgIpc) is 3.55. The molecule has 1 aliphatic carbocycles. The Bertz CT molecular complexity index is 1400. The fraction of sp³-hybridized carbons (Fsp3) is 0.231. The molecule has 0 fully saturated rings. The Labute approximate surface area is 216 Å². The Morgan fingerprint density at radius 2 is 1.91 bits per heavy atom. The Morgan fingerprint density at radius 1 is 1.14 bits per heavy atom. The number of amides is 2. The van der Waals surface area contributed by atoms with Gasteiger partial charge in [-0.25, -0.2) is 0 Å². The van der Waals surface area contributed by atoms with Crippen molar-refractivity contribution >= 4 is 51.2 Å². The van der Waals surface area contributed by atoms with E-state index in [2.05, 4.69) is 33.7 Å². The monoisotopic (exact) mass is 522 g/mol. The third-order valence-electron chi connectivity index (χ3n) is 6.44. The number of fused-ring (bicyclic) bond motifs is 1. The number of halogens is 1. The van der Waals surface area contributed by atoms with Crippen molar-refractivity contribution in [3.8, 4) is 10.4 Å². The summed E-state index contributed by atoms with van der Waals surface area (Å²) in [6.45, 7) is 2.02. The van der Waals surface area contributed by atoms with Crippen LogP contribution in [-0.4, -0.2) is 41.0 Å². The van der Waals surface area contributed by atoms with Gasteiger partial charge in [0.1, 0.15) is 5.51 Å². The molecule has 0 saturated carbocycles. The van der Waals surface area contributed by atoms with Gasteiger partial charge in [-0.15, -0.1) is 21.5 Å². The van der Waals surface area contributed by atoms with Gasteiger partial charge in [-0.2, -0.15) is 0 Å². The van der Waals surface area contributed by atoms with Gasteiger partial charge >= 0.3 is 0 Å². The molecule has 0 bridgehead atoms. The molecule has 35 heavy (non-hydrogen) atoms. The van der Waals surface area contributed by atoms with Gasteiger partial charge in [0.15, 0.2) is 0 Å². The number of nitrogens with zero attached hydrogens (tertiary/aromatic N) is 3. The van der Waals surface area contributed by atoms with Crippen molar-refractivity contribution in [1.29, 1.82) is 0 Å². The molecule has 178 valence electrons. The van der Waals surface area contributed by atoms with Gasteiger partial charge in [0.25, 0.3) is 5.91 Å². The number of aromatic nitrogens is 2. The molecular weight excluding hydrogens is 500 g/mol. The van der Waals surface area contributed by atoms with Crippen LogP contribution in [0.4, 0.5) is 5.13 Å². The second-order valence-corrected chi connectivity index (χ2v) is 11.4. The number of hydrogen-bond donors (Lipinski definition) is 1. The maximum Gasteiger partial charge on any atom is 0.254 e. The van der Waals surface area contributed by atoms with E-state index in [4.69, 9.17) is 11.6 Å². The molecule has 0 saturated heterocycles. The van der Waals surface area contributed by atoms with Gasteiger partial charge in [-0.05, 0) is 48.2 Å². The Morgan fingerprint density at radius 3 is 2.57 bits per heavy atom. The molecule has 0 aliphatic heterocycles. The van der Waals surface area contributed by atoms with Crippen LogP contribution in [0.15, 0.2) is 60.1 Å². The Kier molecular flexibility index (Phi) is 6.21. The summed E-state index contributed by atoms with van der Waals surface area (Å²) in [5, 5.41) is 11.7. The lowest BCUT2D eigenvalue weighted by atomic mass is 9.73. The molecule has 0 spiro atoms. The molecule has 6 nitrogen and oxygen atoms in total. The summed E-state index contributed by atoms with van der Waals surface area (Å²) < 4.78 is 0. The second kappa shape index (κ2) is 9.18. The van der Waals surface area contributed by atoms with Crippen LogP contribution >= 0.6 is 34.3 Å². The maximum atomic E-state index is 13.5. The highest BCUT2D eigenvalue weighted by molar-refractivity contribution is 7.15. The van der Waals surface area contributed by atoms with Gasteiger partial charge < -0.3 is 10.2 Å². The number of anilines is 1. The van der Waals surface area contributed by atoms with Crippen molar-refractivity contribution in [3.05, 3.63) is 86.7 Å². The largest absolute Gasteiger partial charge is 0.345 e. The van der Waals surface area contributed by atoms with Crippen LogP contribution in [-0.2, 0) is 11.2 Å². The molecule has 1 N–H and O–H groups in total. The molecule has 0 unspecified atom stereocenters. The van der Waals surface area contributed by atoms with E-state index in [0.29, 0.717) is 22.1 Å². The van der Waals surface area contributed by atoms with E-state index in [-0.39, 0.29) is 17.7 Å². The van der Waals surface area contributed by atoms with Crippen LogP contribution in [0, 0.1) is 5.41 Å². The topological polar surface area (TPSA) is 75.2 Å². The van der Waals surface area contributed by atoms with Gasteiger partial charge in [0.2, 0.25) is 11.0 Å². The van der Waals surface area contributed by atoms with E-state index >= 15 is 0 Å². The molecule has 2 aromatic heterocycles. The summed E-state index contributed by atoms with van der Waals surface area (Å²) in [6.07, 6.45) is 0.613. The fourth-order valence-electron chi connectivity index (χ4n) is 4.70. The average molecular weight is 523 g/mol. The van der Waals surface area contributed by atoms with Crippen molar-refractivity contribution in [1.82, 2.24) is 15.1 Å². The quantitative estimate of drug-likeness (QED) is 0.351. The van der Waals surface area contributed by atoms with E-state index < -0.39 is 5.41 Å². The van der Waals surface area contributed by atoms with Crippen molar-refractivity contribution in [2.45, 2.75) is 19.3 Å². The highest BCUT2D eigenvalue weighted by Gasteiger charge is 2.50. The standard InChI is InChI=1S/C26H23ClN4O2S2/c1-26(24(33)29-25-30-28-14-34-25)13-21-18(22(26)15-7-5-4-6-8-15)12-20(35-21)16-9-10-17(19(27)11-16)23(32)31(2)3/h4-12,14,22H,13H2,1-3H3,(H,29,30,33)/t22-,26+/m1/s1. The van der Waals surface area contributed by atoms with E-state index in [1.165, 1.54) is 21.1 Å². The molecule has 2 atom stereocenters. The number of thiophene rings is 1. The lowest BCUT2D eigenvalue weighted by Crippen LogP contribution is -2.37. The van der Waals surface area contributed by atoms with Crippen LogP contribution in [0.25, 0.3) is 10.4 Å². The van der Waals surface area contributed by atoms with Gasteiger partial charge in [-0.3, -0.25) is 9.59 Å². The van der Waals surface area contributed by atoms with Crippen LogP contribution < -0.4 is 5.32 Å². The fourth-order valence-corrected chi connectivity index (χ4v) is 6.77. The predicted molar refractivity (Wildman–Crippen MR) is 141 cm³/mol. The van der Waals surface area contributed by atoms with Crippen molar-refractivity contribution < 1.29 is 9.59 Å². The summed E-state index contributed by atoms with van der Waals surface area (Å²) in [4.78, 5) is 29.6. The summed E-state index contributed by atoms with van der Waals surface area (Å²) in [5.41, 5.74) is 4.61. The van der Waals surface area contributed by atoms with E-state index in [9.17, 15) is 9.59 Å². The second-order valence-electron chi connectivity index (χ2n) is 9.02. The minimum Gasteiger partial charge on any atom is -0.345 e. The molecule has 9 heteroatoms. The molecule has 2 aromatic carbocycles. The minimum atomic E-state index is -0.674. The third-order valence-corrected chi connectivity index (χ3v) is 8.56. The van der Waals surface area contributed by atoms with Crippen LogP contribution in [0.5, 0.6) is 0 Å². The van der Waals surface area contributed by atoms with Gasteiger partial charge in [0.05, 0.1) is 16.0 Å². The van der Waals surface area contributed by atoms with Gasteiger partial charge in [-0.1, -0.05) is 59.3 Å². The highest BCUT2D eigenvalue weighted by atomic mass is 35.5. The maximum absolute atomic E-state index is 13.5. The summed E-state index contributed by atoms with van der Waals surface area (Å²) >= 11 is 9.46. The summed E-state index contributed by atoms with van der Waals surface area (Å²) in [5.74, 6) is -0.305. The van der Waals surface area contributed by atoms with E-state index in [1.54, 1.807) is 37.0 Å². The number of rotatable bonds is 5. The third kappa shape index (κ3) is 4.26. The van der Waals surface area contributed by atoms with Crippen molar-refractivity contribution in [2.75, 3.05) is 19.4 Å². The first-order chi connectivity index (χ1) is 16.8. The SMILES string of the molecule is CN(C)C(=O)c1ccc(-c2cc3c(s2)C[C@](C)(C(=O)Nc2nncs2)[C@@H]3c2ccccc2)cc1Cl. The predicted octanol–water partition coefficient (Wildman–Crippen LogP) is 5.95. The van der Waals surface area contributed by atoms with Crippen molar-refractivity contribution in [2.24, 2.45) is 5.41 Å². The zero-order valence-electron chi connectivity index (χ0n) is 19.4. The first kappa shape index (κ1) is 23.7. The van der Waals surface area contributed by atoms with Crippen molar-refractivity contribution in [3.63, 3.8) is 0 Å². The first-order valence-electron chi connectivity index (χ1n) is 11.0. The smallest absolute Gasteiger partial charge is 0.254 e. The normalized spacial score (nSPS) is 18.8. The molecule has 0 radical (unpaired) electrons. The van der Waals surface area contributed by atoms with E-state index in [0.717, 1.165) is 21.6 Å². The lowest BCUT2D eigenvalue weighted by molar-refractivity contribution is -0.125. The molecule has 4 aromatic rings. The Hall–Kier alpha value is -3.07. The number of carbonyl (C=O) groups is 2. The zero-order chi connectivity index (χ0) is 24.7. The number of nitrogens with one attached hydrogen (secondary N) is 1. The van der Waals surface area contributed by atoms with E-state index in [1.807, 2.05) is 37.3 Å².